The first kappa shape index (κ1) is 12.9. The minimum absolute atomic E-state index is 0.0488. The van der Waals surface area contributed by atoms with Gasteiger partial charge in [-0.05, 0) is 26.3 Å². The zero-order valence-electron chi connectivity index (χ0n) is 9.75. The number of hydrogen-bond acceptors (Lipinski definition) is 3. The number of nitrogens with one attached hydrogen (secondary N) is 1. The molecule has 1 heterocycles. The fourth-order valence-electron chi connectivity index (χ4n) is 1.31. The fraction of sp³-hybridized carbons (Fsp3) is 0.545. The summed E-state index contributed by atoms with van der Waals surface area (Å²) < 4.78 is 0. The SMILES string of the molecule is CCc1nnc(C)cc1C(=O)NC(C)CCl. The third-order valence-corrected chi connectivity index (χ3v) is 2.64. The summed E-state index contributed by atoms with van der Waals surface area (Å²) in [4.78, 5) is 11.9. The molecular formula is C11H16ClN3O. The molecule has 0 aromatic carbocycles. The van der Waals surface area contributed by atoms with Crippen LogP contribution in [-0.2, 0) is 6.42 Å². The predicted octanol–water partition coefficient (Wildman–Crippen LogP) is 1.70. The maximum atomic E-state index is 11.9. The summed E-state index contributed by atoms with van der Waals surface area (Å²) in [5, 5.41) is 10.8. The number of carbonyl (C=O) groups excluding carboxylic acids is 1. The van der Waals surface area contributed by atoms with Crippen molar-refractivity contribution in [3.63, 3.8) is 0 Å². The Morgan fingerprint density at radius 1 is 1.56 bits per heavy atom. The van der Waals surface area contributed by atoms with Crippen LogP contribution in [0, 0.1) is 6.92 Å². The van der Waals surface area contributed by atoms with Crippen LogP contribution in [-0.4, -0.2) is 28.0 Å². The summed E-state index contributed by atoms with van der Waals surface area (Å²) in [6, 6.07) is 1.70. The molecule has 1 unspecified atom stereocenters. The van der Waals surface area contributed by atoms with E-state index < -0.39 is 0 Å². The van der Waals surface area contributed by atoms with Gasteiger partial charge in [0, 0.05) is 11.9 Å². The summed E-state index contributed by atoms with van der Waals surface area (Å²) in [5.41, 5.74) is 2.04. The van der Waals surface area contributed by atoms with Crippen LogP contribution >= 0.6 is 11.6 Å². The van der Waals surface area contributed by atoms with Gasteiger partial charge in [0.2, 0.25) is 0 Å². The van der Waals surface area contributed by atoms with Gasteiger partial charge in [-0.25, -0.2) is 0 Å². The van der Waals surface area contributed by atoms with E-state index >= 15 is 0 Å². The van der Waals surface area contributed by atoms with E-state index in [1.807, 2.05) is 20.8 Å². The van der Waals surface area contributed by atoms with Crippen LogP contribution in [0.4, 0.5) is 0 Å². The van der Waals surface area contributed by atoms with Crippen molar-refractivity contribution < 1.29 is 4.79 Å². The highest BCUT2D eigenvalue weighted by molar-refractivity contribution is 6.18. The van der Waals surface area contributed by atoms with Crippen molar-refractivity contribution in [2.75, 3.05) is 5.88 Å². The topological polar surface area (TPSA) is 54.9 Å². The number of amides is 1. The molecule has 88 valence electrons. The van der Waals surface area contributed by atoms with Crippen molar-refractivity contribution in [2.24, 2.45) is 0 Å². The summed E-state index contributed by atoms with van der Waals surface area (Å²) in [5.74, 6) is 0.257. The standard InChI is InChI=1S/C11H16ClN3O/c1-4-10-9(5-7(2)14-15-10)11(16)13-8(3)6-12/h5,8H,4,6H2,1-3H3,(H,13,16). The molecule has 0 saturated heterocycles. The third kappa shape index (κ3) is 3.17. The molecule has 5 heteroatoms. The van der Waals surface area contributed by atoms with Gasteiger partial charge >= 0.3 is 0 Å². The molecule has 0 radical (unpaired) electrons. The first-order chi connectivity index (χ1) is 7.58. The van der Waals surface area contributed by atoms with Crippen LogP contribution in [0.25, 0.3) is 0 Å². The average Bonchev–Trinajstić information content (AvgIpc) is 2.28. The van der Waals surface area contributed by atoms with Crippen LogP contribution in [0.1, 0.15) is 35.6 Å². The van der Waals surface area contributed by atoms with Crippen molar-refractivity contribution in [1.29, 1.82) is 0 Å². The minimum atomic E-state index is -0.136. The number of hydrogen-bond donors (Lipinski definition) is 1. The summed E-state index contributed by atoms with van der Waals surface area (Å²) >= 11 is 5.65. The molecule has 4 nitrogen and oxygen atoms in total. The number of halogens is 1. The lowest BCUT2D eigenvalue weighted by Gasteiger charge is -2.12. The van der Waals surface area contributed by atoms with E-state index in [4.69, 9.17) is 11.6 Å². The lowest BCUT2D eigenvalue weighted by Crippen LogP contribution is -2.34. The third-order valence-electron chi connectivity index (χ3n) is 2.18. The smallest absolute Gasteiger partial charge is 0.253 e. The summed E-state index contributed by atoms with van der Waals surface area (Å²) in [7, 11) is 0. The molecule has 0 aliphatic carbocycles. The molecule has 1 aromatic heterocycles. The normalized spacial score (nSPS) is 12.2. The Bertz CT molecular complexity index is 381. The van der Waals surface area contributed by atoms with Crippen molar-refractivity contribution in [3.8, 4) is 0 Å². The van der Waals surface area contributed by atoms with Gasteiger partial charge in [-0.3, -0.25) is 4.79 Å². The zero-order chi connectivity index (χ0) is 12.1. The molecule has 0 aliphatic heterocycles. The number of aromatic nitrogens is 2. The van der Waals surface area contributed by atoms with E-state index in [0.29, 0.717) is 23.6 Å². The van der Waals surface area contributed by atoms with Gasteiger partial charge in [-0.2, -0.15) is 10.2 Å². The fourth-order valence-corrected chi connectivity index (χ4v) is 1.39. The van der Waals surface area contributed by atoms with E-state index in [1.54, 1.807) is 6.07 Å². The summed E-state index contributed by atoms with van der Waals surface area (Å²) in [6.45, 7) is 5.62. The van der Waals surface area contributed by atoms with E-state index in [2.05, 4.69) is 15.5 Å². The van der Waals surface area contributed by atoms with E-state index in [0.717, 1.165) is 5.69 Å². The van der Waals surface area contributed by atoms with Gasteiger partial charge in [0.15, 0.2) is 0 Å². The predicted molar refractivity (Wildman–Crippen MR) is 63.8 cm³/mol. The van der Waals surface area contributed by atoms with Crippen LogP contribution in [0.3, 0.4) is 0 Å². The first-order valence-electron chi connectivity index (χ1n) is 5.28. The average molecular weight is 242 g/mol. The van der Waals surface area contributed by atoms with E-state index in [1.165, 1.54) is 0 Å². The van der Waals surface area contributed by atoms with Gasteiger partial charge in [0.05, 0.1) is 17.0 Å². The number of alkyl halides is 1. The quantitative estimate of drug-likeness (QED) is 0.817. The van der Waals surface area contributed by atoms with Crippen molar-refractivity contribution >= 4 is 17.5 Å². The second kappa shape index (κ2) is 5.80. The number of carbonyl (C=O) groups is 1. The molecule has 0 aliphatic rings. The Kier molecular flexibility index (Phi) is 4.68. The molecule has 1 atom stereocenters. The molecule has 0 fully saturated rings. The largest absolute Gasteiger partial charge is 0.348 e. The molecule has 1 rings (SSSR count). The molecule has 0 spiro atoms. The Hall–Kier alpha value is -1.16. The van der Waals surface area contributed by atoms with Gasteiger partial charge in [0.1, 0.15) is 0 Å². The van der Waals surface area contributed by atoms with Crippen LogP contribution in [0.15, 0.2) is 6.07 Å². The minimum Gasteiger partial charge on any atom is -0.348 e. The maximum absolute atomic E-state index is 11.9. The number of rotatable bonds is 4. The highest BCUT2D eigenvalue weighted by Gasteiger charge is 2.14. The van der Waals surface area contributed by atoms with Crippen molar-refractivity contribution in [2.45, 2.75) is 33.2 Å². The Balaban J connectivity index is 2.93. The second-order valence-electron chi connectivity index (χ2n) is 3.73. The van der Waals surface area contributed by atoms with Gasteiger partial charge < -0.3 is 5.32 Å². The van der Waals surface area contributed by atoms with E-state index in [9.17, 15) is 4.79 Å². The monoisotopic (exact) mass is 241 g/mol. The molecular weight excluding hydrogens is 226 g/mol. The Morgan fingerprint density at radius 2 is 2.25 bits per heavy atom. The van der Waals surface area contributed by atoms with Crippen molar-refractivity contribution in [1.82, 2.24) is 15.5 Å². The molecule has 0 saturated carbocycles. The van der Waals surface area contributed by atoms with Gasteiger partial charge in [0.25, 0.3) is 5.91 Å². The lowest BCUT2D eigenvalue weighted by atomic mass is 10.1. The lowest BCUT2D eigenvalue weighted by molar-refractivity contribution is 0.0942. The first-order valence-corrected chi connectivity index (χ1v) is 5.82. The Labute approximate surface area is 100 Å². The molecule has 0 bridgehead atoms. The van der Waals surface area contributed by atoms with Gasteiger partial charge in [-0.15, -0.1) is 11.6 Å². The van der Waals surface area contributed by atoms with Crippen molar-refractivity contribution in [3.05, 3.63) is 23.0 Å². The highest BCUT2D eigenvalue weighted by atomic mass is 35.5. The Morgan fingerprint density at radius 3 is 2.81 bits per heavy atom. The van der Waals surface area contributed by atoms with Crippen LogP contribution < -0.4 is 5.32 Å². The highest BCUT2D eigenvalue weighted by Crippen LogP contribution is 2.07. The van der Waals surface area contributed by atoms with Gasteiger partial charge in [-0.1, -0.05) is 6.92 Å². The molecule has 16 heavy (non-hydrogen) atoms. The van der Waals surface area contributed by atoms with E-state index in [-0.39, 0.29) is 11.9 Å². The maximum Gasteiger partial charge on any atom is 0.253 e. The number of aryl methyl sites for hydroxylation is 2. The molecule has 1 aromatic rings. The number of nitrogens with zero attached hydrogens (tertiary/aromatic N) is 2. The second-order valence-corrected chi connectivity index (χ2v) is 4.04. The summed E-state index contributed by atoms with van der Waals surface area (Å²) in [6.07, 6.45) is 0.686. The van der Waals surface area contributed by atoms with Crippen LogP contribution in [0.2, 0.25) is 0 Å². The molecule has 1 amide bonds. The van der Waals surface area contributed by atoms with Crippen LogP contribution in [0.5, 0.6) is 0 Å². The zero-order valence-corrected chi connectivity index (χ0v) is 10.5. The molecule has 1 N–H and O–H groups in total.